The molecule has 0 aliphatic heterocycles. The Morgan fingerprint density at radius 3 is 2.65 bits per heavy atom. The molecular formula is C15H20Cl2N2O. The number of fused-ring (bicyclic) bond motifs is 2. The fourth-order valence-electron chi connectivity index (χ4n) is 3.67. The Morgan fingerprint density at radius 2 is 2.00 bits per heavy atom. The van der Waals surface area contributed by atoms with Crippen LogP contribution in [0.1, 0.15) is 24.8 Å². The smallest absolute Gasteiger partial charge is 0.225 e. The monoisotopic (exact) mass is 314 g/mol. The van der Waals surface area contributed by atoms with Crippen molar-refractivity contribution >= 4 is 29.9 Å². The van der Waals surface area contributed by atoms with E-state index in [1.165, 1.54) is 6.42 Å². The molecular weight excluding hydrogens is 295 g/mol. The predicted molar refractivity (Wildman–Crippen MR) is 82.8 cm³/mol. The van der Waals surface area contributed by atoms with Crippen molar-refractivity contribution in [3.63, 3.8) is 0 Å². The van der Waals surface area contributed by atoms with Gasteiger partial charge in [-0.25, -0.2) is 0 Å². The van der Waals surface area contributed by atoms with Gasteiger partial charge in [0.05, 0.1) is 5.92 Å². The van der Waals surface area contributed by atoms with E-state index in [9.17, 15) is 4.79 Å². The van der Waals surface area contributed by atoms with Crippen molar-refractivity contribution in [2.24, 2.45) is 23.5 Å². The lowest BCUT2D eigenvalue weighted by Gasteiger charge is -2.27. The molecule has 0 radical (unpaired) electrons. The maximum Gasteiger partial charge on any atom is 0.225 e. The highest BCUT2D eigenvalue weighted by molar-refractivity contribution is 6.31. The van der Waals surface area contributed by atoms with Crippen molar-refractivity contribution in [3.8, 4) is 0 Å². The minimum absolute atomic E-state index is 0. The maximum atomic E-state index is 12.3. The van der Waals surface area contributed by atoms with Crippen LogP contribution < -0.4 is 11.1 Å². The topological polar surface area (TPSA) is 55.1 Å². The van der Waals surface area contributed by atoms with E-state index in [1.807, 2.05) is 24.3 Å². The molecule has 20 heavy (non-hydrogen) atoms. The Hall–Kier alpha value is -0.770. The first-order valence-electron chi connectivity index (χ1n) is 6.93. The number of carbonyl (C=O) groups is 1. The van der Waals surface area contributed by atoms with Crippen LogP contribution in [0, 0.1) is 17.8 Å². The zero-order valence-corrected chi connectivity index (χ0v) is 12.8. The van der Waals surface area contributed by atoms with Gasteiger partial charge in [-0.15, -0.1) is 12.4 Å². The number of benzene rings is 1. The summed E-state index contributed by atoms with van der Waals surface area (Å²) in [6.07, 6.45) is 3.48. The molecule has 110 valence electrons. The lowest BCUT2D eigenvalue weighted by molar-refractivity contribution is -0.127. The van der Waals surface area contributed by atoms with E-state index < -0.39 is 0 Å². The number of nitrogens with one attached hydrogen (secondary N) is 1. The molecule has 3 N–H and O–H groups in total. The molecule has 4 atom stereocenters. The summed E-state index contributed by atoms with van der Waals surface area (Å²) in [5.41, 5.74) is 7.13. The molecule has 0 spiro atoms. The van der Waals surface area contributed by atoms with Crippen molar-refractivity contribution in [1.29, 1.82) is 0 Å². The summed E-state index contributed by atoms with van der Waals surface area (Å²) in [5.74, 6) is 1.15. The van der Waals surface area contributed by atoms with Crippen LogP contribution in [-0.4, -0.2) is 11.9 Å². The molecule has 0 heterocycles. The van der Waals surface area contributed by atoms with Gasteiger partial charge in [-0.1, -0.05) is 29.8 Å². The summed E-state index contributed by atoms with van der Waals surface area (Å²) in [4.78, 5) is 12.3. The normalized spacial score (nSPS) is 30.9. The van der Waals surface area contributed by atoms with Gasteiger partial charge < -0.3 is 11.1 Å². The standard InChI is InChI=1S/C15H19ClN2O.ClH/c16-12-4-2-1-3-11(12)8-18-15(19)13-9-5-6-10(7-9)14(13)17;/h1-4,9-10,13-14H,5-8,17H2,(H,18,19);1H. The summed E-state index contributed by atoms with van der Waals surface area (Å²) in [6.45, 7) is 0.485. The molecule has 1 amide bonds. The number of halogens is 2. The van der Waals surface area contributed by atoms with Crippen molar-refractivity contribution in [2.75, 3.05) is 0 Å². The number of rotatable bonds is 3. The van der Waals surface area contributed by atoms with Gasteiger partial charge in [0, 0.05) is 17.6 Å². The minimum atomic E-state index is 0. The molecule has 2 aliphatic carbocycles. The Labute approximate surface area is 130 Å². The summed E-state index contributed by atoms with van der Waals surface area (Å²) in [5, 5.41) is 3.69. The first kappa shape index (κ1) is 15.6. The Morgan fingerprint density at radius 1 is 1.30 bits per heavy atom. The van der Waals surface area contributed by atoms with Crippen LogP contribution in [0.25, 0.3) is 0 Å². The van der Waals surface area contributed by atoms with E-state index in [4.69, 9.17) is 17.3 Å². The molecule has 1 aromatic carbocycles. The third-order valence-electron chi connectivity index (χ3n) is 4.69. The third kappa shape index (κ3) is 2.80. The second kappa shape index (κ2) is 6.33. The number of amides is 1. The molecule has 4 unspecified atom stereocenters. The van der Waals surface area contributed by atoms with E-state index in [1.54, 1.807) is 0 Å². The quantitative estimate of drug-likeness (QED) is 0.901. The van der Waals surface area contributed by atoms with Gasteiger partial charge in [-0.3, -0.25) is 4.79 Å². The molecule has 0 saturated heterocycles. The number of nitrogens with two attached hydrogens (primary N) is 1. The average molecular weight is 315 g/mol. The molecule has 2 bridgehead atoms. The van der Waals surface area contributed by atoms with Gasteiger partial charge >= 0.3 is 0 Å². The SMILES string of the molecule is Cl.NC1C2CCC(C2)C1C(=O)NCc1ccccc1Cl. The molecule has 3 rings (SSSR count). The van der Waals surface area contributed by atoms with Crippen molar-refractivity contribution in [3.05, 3.63) is 34.9 Å². The second-order valence-electron chi connectivity index (χ2n) is 5.75. The molecule has 0 aromatic heterocycles. The highest BCUT2D eigenvalue weighted by Crippen LogP contribution is 2.47. The summed E-state index contributed by atoms with van der Waals surface area (Å²) in [7, 11) is 0. The Kier molecular flexibility index (Phi) is 4.95. The van der Waals surface area contributed by atoms with E-state index >= 15 is 0 Å². The Bertz CT molecular complexity index is 493. The third-order valence-corrected chi connectivity index (χ3v) is 5.06. The van der Waals surface area contributed by atoms with Crippen LogP contribution in [0.4, 0.5) is 0 Å². The van der Waals surface area contributed by atoms with Crippen LogP contribution in [0.2, 0.25) is 5.02 Å². The van der Waals surface area contributed by atoms with Crippen LogP contribution in [0.3, 0.4) is 0 Å². The summed E-state index contributed by atoms with van der Waals surface area (Å²) < 4.78 is 0. The number of carbonyl (C=O) groups excluding carboxylic acids is 1. The summed E-state index contributed by atoms with van der Waals surface area (Å²) >= 11 is 6.08. The largest absolute Gasteiger partial charge is 0.352 e. The Balaban J connectivity index is 0.00000147. The van der Waals surface area contributed by atoms with Crippen molar-refractivity contribution in [2.45, 2.75) is 31.8 Å². The van der Waals surface area contributed by atoms with Crippen molar-refractivity contribution < 1.29 is 4.79 Å². The minimum Gasteiger partial charge on any atom is -0.352 e. The highest BCUT2D eigenvalue weighted by atomic mass is 35.5. The number of hydrogen-bond acceptors (Lipinski definition) is 2. The van der Waals surface area contributed by atoms with E-state index in [2.05, 4.69) is 5.32 Å². The zero-order chi connectivity index (χ0) is 13.4. The molecule has 3 nitrogen and oxygen atoms in total. The second-order valence-corrected chi connectivity index (χ2v) is 6.15. The van der Waals surface area contributed by atoms with Gasteiger partial charge in [0.1, 0.15) is 0 Å². The summed E-state index contributed by atoms with van der Waals surface area (Å²) in [6, 6.07) is 7.64. The maximum absolute atomic E-state index is 12.3. The van der Waals surface area contributed by atoms with Crippen LogP contribution in [0.5, 0.6) is 0 Å². The van der Waals surface area contributed by atoms with Gasteiger partial charge in [0.15, 0.2) is 0 Å². The van der Waals surface area contributed by atoms with Crippen molar-refractivity contribution in [1.82, 2.24) is 5.32 Å². The molecule has 5 heteroatoms. The van der Waals surface area contributed by atoms with E-state index in [0.717, 1.165) is 18.4 Å². The van der Waals surface area contributed by atoms with Crippen LogP contribution in [-0.2, 0) is 11.3 Å². The molecule has 2 saturated carbocycles. The van der Waals surface area contributed by atoms with Crippen LogP contribution >= 0.6 is 24.0 Å². The lowest BCUT2D eigenvalue weighted by atomic mass is 9.84. The van der Waals surface area contributed by atoms with Gasteiger partial charge in [0.2, 0.25) is 5.91 Å². The first-order valence-corrected chi connectivity index (χ1v) is 7.31. The molecule has 2 aliphatic rings. The lowest BCUT2D eigenvalue weighted by Crippen LogP contribution is -2.45. The fraction of sp³-hybridized carbons (Fsp3) is 0.533. The van der Waals surface area contributed by atoms with Gasteiger partial charge in [-0.2, -0.15) is 0 Å². The van der Waals surface area contributed by atoms with Gasteiger partial charge in [-0.05, 0) is 42.7 Å². The average Bonchev–Trinajstić information content (AvgIpc) is 2.98. The molecule has 1 aromatic rings. The first-order chi connectivity index (χ1) is 9.16. The van der Waals surface area contributed by atoms with Gasteiger partial charge in [0.25, 0.3) is 0 Å². The fourth-order valence-corrected chi connectivity index (χ4v) is 3.87. The predicted octanol–water partition coefficient (Wildman–Crippen LogP) is 2.75. The molecule has 2 fully saturated rings. The van der Waals surface area contributed by atoms with E-state index in [0.29, 0.717) is 23.4 Å². The number of hydrogen-bond donors (Lipinski definition) is 2. The van der Waals surface area contributed by atoms with Crippen LogP contribution in [0.15, 0.2) is 24.3 Å². The van der Waals surface area contributed by atoms with E-state index in [-0.39, 0.29) is 30.3 Å². The highest BCUT2D eigenvalue weighted by Gasteiger charge is 2.48. The zero-order valence-electron chi connectivity index (χ0n) is 11.2.